The van der Waals surface area contributed by atoms with E-state index in [1.165, 1.54) is 17.0 Å². The SMILES string of the molecule is Cc1ccc2nc3c(n2c1)CNCC3.Cl. The van der Waals surface area contributed by atoms with Gasteiger partial charge in [-0.3, -0.25) is 0 Å². The number of halogens is 1. The predicted molar refractivity (Wildman–Crippen MR) is 62.6 cm³/mol. The van der Waals surface area contributed by atoms with Crippen molar-refractivity contribution in [2.24, 2.45) is 0 Å². The Bertz CT molecular complexity index is 490. The van der Waals surface area contributed by atoms with Gasteiger partial charge >= 0.3 is 0 Å². The van der Waals surface area contributed by atoms with E-state index in [4.69, 9.17) is 0 Å². The molecule has 80 valence electrons. The fourth-order valence-electron chi connectivity index (χ4n) is 2.05. The zero-order chi connectivity index (χ0) is 9.54. The van der Waals surface area contributed by atoms with Crippen molar-refractivity contribution in [2.75, 3.05) is 6.54 Å². The maximum atomic E-state index is 4.62. The number of fused-ring (bicyclic) bond motifs is 3. The first-order chi connectivity index (χ1) is 6.84. The number of imidazole rings is 1. The van der Waals surface area contributed by atoms with Gasteiger partial charge in [0.1, 0.15) is 5.65 Å². The average Bonchev–Trinajstić information content (AvgIpc) is 2.56. The molecule has 3 nitrogen and oxygen atoms in total. The Balaban J connectivity index is 0.000000853. The van der Waals surface area contributed by atoms with Gasteiger partial charge in [0.05, 0.1) is 11.4 Å². The van der Waals surface area contributed by atoms with Crippen molar-refractivity contribution in [3.63, 3.8) is 0 Å². The molecule has 0 saturated carbocycles. The van der Waals surface area contributed by atoms with Gasteiger partial charge in [0.15, 0.2) is 0 Å². The molecule has 0 aliphatic carbocycles. The summed E-state index contributed by atoms with van der Waals surface area (Å²) in [7, 11) is 0. The van der Waals surface area contributed by atoms with Crippen molar-refractivity contribution < 1.29 is 0 Å². The lowest BCUT2D eigenvalue weighted by molar-refractivity contribution is 0.621. The van der Waals surface area contributed by atoms with E-state index in [0.29, 0.717) is 0 Å². The van der Waals surface area contributed by atoms with E-state index in [0.717, 1.165) is 25.2 Å². The normalized spacial score (nSPS) is 14.7. The second-order valence-electron chi connectivity index (χ2n) is 3.87. The van der Waals surface area contributed by atoms with Crippen LogP contribution in [0, 0.1) is 6.92 Å². The highest BCUT2D eigenvalue weighted by Gasteiger charge is 2.14. The van der Waals surface area contributed by atoms with Gasteiger partial charge in [-0.25, -0.2) is 4.98 Å². The number of aryl methyl sites for hydroxylation is 1. The van der Waals surface area contributed by atoms with Crippen LogP contribution < -0.4 is 5.32 Å². The van der Waals surface area contributed by atoms with Crippen LogP contribution in [-0.2, 0) is 13.0 Å². The van der Waals surface area contributed by atoms with Crippen molar-refractivity contribution in [1.82, 2.24) is 14.7 Å². The Morgan fingerprint density at radius 1 is 1.40 bits per heavy atom. The minimum atomic E-state index is 0. The van der Waals surface area contributed by atoms with Gasteiger partial charge < -0.3 is 9.72 Å². The van der Waals surface area contributed by atoms with Gasteiger partial charge in [-0.05, 0) is 18.6 Å². The Labute approximate surface area is 94.9 Å². The molecule has 1 aliphatic rings. The number of hydrogen-bond donors (Lipinski definition) is 1. The lowest BCUT2D eigenvalue weighted by atomic mass is 10.2. The Morgan fingerprint density at radius 2 is 2.27 bits per heavy atom. The molecule has 4 heteroatoms. The number of aromatic nitrogens is 2. The number of nitrogens with zero attached hydrogens (tertiary/aromatic N) is 2. The summed E-state index contributed by atoms with van der Waals surface area (Å²) in [6.45, 7) is 4.11. The van der Waals surface area contributed by atoms with Crippen LogP contribution in [0.1, 0.15) is 17.0 Å². The largest absolute Gasteiger partial charge is 0.311 e. The van der Waals surface area contributed by atoms with E-state index >= 15 is 0 Å². The van der Waals surface area contributed by atoms with Gasteiger partial charge in [-0.15, -0.1) is 12.4 Å². The third kappa shape index (κ3) is 1.62. The molecule has 3 heterocycles. The summed E-state index contributed by atoms with van der Waals surface area (Å²) >= 11 is 0. The first-order valence-corrected chi connectivity index (χ1v) is 5.02. The molecule has 1 aliphatic heterocycles. The molecular formula is C11H14ClN3. The van der Waals surface area contributed by atoms with Gasteiger partial charge in [-0.1, -0.05) is 6.07 Å². The van der Waals surface area contributed by atoms with Gasteiger partial charge in [0.25, 0.3) is 0 Å². The van der Waals surface area contributed by atoms with Crippen LogP contribution in [0.25, 0.3) is 5.65 Å². The highest BCUT2D eigenvalue weighted by atomic mass is 35.5. The Hall–Kier alpha value is -1.06. The molecule has 0 radical (unpaired) electrons. The van der Waals surface area contributed by atoms with Crippen LogP contribution in [-0.4, -0.2) is 15.9 Å². The lowest BCUT2D eigenvalue weighted by Gasteiger charge is -2.12. The van der Waals surface area contributed by atoms with Gasteiger partial charge in [0.2, 0.25) is 0 Å². The summed E-state index contributed by atoms with van der Waals surface area (Å²) in [5.41, 5.74) is 4.94. The molecule has 2 aromatic heterocycles. The van der Waals surface area contributed by atoms with E-state index in [1.807, 2.05) is 0 Å². The highest BCUT2D eigenvalue weighted by molar-refractivity contribution is 5.85. The fraction of sp³-hybridized carbons (Fsp3) is 0.364. The first kappa shape index (κ1) is 10.5. The predicted octanol–water partition coefficient (Wildman–Crippen LogP) is 1.71. The second kappa shape index (κ2) is 3.83. The van der Waals surface area contributed by atoms with E-state index in [9.17, 15) is 0 Å². The minimum Gasteiger partial charge on any atom is -0.311 e. The van der Waals surface area contributed by atoms with E-state index < -0.39 is 0 Å². The molecule has 0 amide bonds. The molecule has 3 rings (SSSR count). The Kier molecular flexibility index (Phi) is 2.67. The second-order valence-corrected chi connectivity index (χ2v) is 3.87. The molecular weight excluding hydrogens is 210 g/mol. The standard InChI is InChI=1S/C11H13N3.ClH/c1-8-2-3-11-13-9-4-5-12-6-10(9)14(11)7-8;/h2-3,7,12H,4-6H2,1H3;1H. The van der Waals surface area contributed by atoms with Crippen LogP contribution in [0.4, 0.5) is 0 Å². The fourth-order valence-corrected chi connectivity index (χ4v) is 2.05. The van der Waals surface area contributed by atoms with Crippen LogP contribution >= 0.6 is 12.4 Å². The van der Waals surface area contributed by atoms with Crippen LogP contribution in [0.3, 0.4) is 0 Å². The number of hydrogen-bond acceptors (Lipinski definition) is 2. The minimum absolute atomic E-state index is 0. The molecule has 15 heavy (non-hydrogen) atoms. The monoisotopic (exact) mass is 223 g/mol. The summed E-state index contributed by atoms with van der Waals surface area (Å²) < 4.78 is 2.21. The molecule has 2 aromatic rings. The number of rotatable bonds is 0. The van der Waals surface area contributed by atoms with Crippen LogP contribution in [0.15, 0.2) is 18.3 Å². The number of pyridine rings is 1. The van der Waals surface area contributed by atoms with Crippen molar-refractivity contribution in [1.29, 1.82) is 0 Å². The maximum Gasteiger partial charge on any atom is 0.137 e. The quantitative estimate of drug-likeness (QED) is 0.737. The van der Waals surface area contributed by atoms with Gasteiger partial charge in [0, 0.05) is 25.7 Å². The average molecular weight is 224 g/mol. The van der Waals surface area contributed by atoms with Crippen molar-refractivity contribution in [3.05, 3.63) is 35.3 Å². The topological polar surface area (TPSA) is 29.3 Å². The summed E-state index contributed by atoms with van der Waals surface area (Å²) in [6, 6.07) is 4.20. The summed E-state index contributed by atoms with van der Waals surface area (Å²) in [4.78, 5) is 4.62. The zero-order valence-corrected chi connectivity index (χ0v) is 9.47. The first-order valence-electron chi connectivity index (χ1n) is 5.02. The summed E-state index contributed by atoms with van der Waals surface area (Å²) in [6.07, 6.45) is 3.21. The van der Waals surface area contributed by atoms with Crippen LogP contribution in [0.5, 0.6) is 0 Å². The molecule has 1 N–H and O–H groups in total. The molecule has 0 aromatic carbocycles. The van der Waals surface area contributed by atoms with Crippen molar-refractivity contribution in [3.8, 4) is 0 Å². The van der Waals surface area contributed by atoms with E-state index in [2.05, 4.69) is 40.0 Å². The molecule has 0 atom stereocenters. The molecule has 0 fully saturated rings. The lowest BCUT2D eigenvalue weighted by Crippen LogP contribution is -2.24. The summed E-state index contributed by atoms with van der Waals surface area (Å²) in [5, 5.41) is 3.38. The smallest absolute Gasteiger partial charge is 0.137 e. The van der Waals surface area contributed by atoms with Gasteiger partial charge in [-0.2, -0.15) is 0 Å². The van der Waals surface area contributed by atoms with E-state index in [1.54, 1.807) is 0 Å². The molecule has 0 spiro atoms. The van der Waals surface area contributed by atoms with Crippen LogP contribution in [0.2, 0.25) is 0 Å². The molecule has 0 bridgehead atoms. The summed E-state index contributed by atoms with van der Waals surface area (Å²) in [5.74, 6) is 0. The third-order valence-corrected chi connectivity index (χ3v) is 2.78. The molecule has 0 saturated heterocycles. The Morgan fingerprint density at radius 3 is 3.13 bits per heavy atom. The highest BCUT2D eigenvalue weighted by Crippen LogP contribution is 2.16. The third-order valence-electron chi connectivity index (χ3n) is 2.78. The van der Waals surface area contributed by atoms with Crippen molar-refractivity contribution >= 4 is 18.1 Å². The zero-order valence-electron chi connectivity index (χ0n) is 8.66. The van der Waals surface area contributed by atoms with Crippen molar-refractivity contribution in [2.45, 2.75) is 19.9 Å². The van der Waals surface area contributed by atoms with E-state index in [-0.39, 0.29) is 12.4 Å². The maximum absolute atomic E-state index is 4.62. The number of nitrogens with one attached hydrogen (secondary N) is 1. The molecule has 0 unspecified atom stereocenters.